The highest BCUT2D eigenvalue weighted by Crippen LogP contribution is 2.22. The molecule has 1 atom stereocenters. The van der Waals surface area contributed by atoms with Crippen molar-refractivity contribution in [2.24, 2.45) is 10.2 Å². The molecule has 11 heteroatoms. The highest BCUT2D eigenvalue weighted by Gasteiger charge is 2.32. The predicted octanol–water partition coefficient (Wildman–Crippen LogP) is 0.625. The third kappa shape index (κ3) is 4.61. The zero-order chi connectivity index (χ0) is 17.9. The molecule has 0 spiro atoms. The standard InChI is InChI=1S/C13H12FN3O5S2/c1-24(21,22)10-3-2-7(4-8(10)14)6-15-17-13-16-12(20)9(23-13)5-11(18)19/h2-4,6,9H,5H2,1H3,(H,18,19)(H,16,17,20). The summed E-state index contributed by atoms with van der Waals surface area (Å²) < 4.78 is 36.3. The fourth-order valence-corrected chi connectivity index (χ4v) is 3.43. The minimum atomic E-state index is -3.65. The van der Waals surface area contributed by atoms with Crippen molar-refractivity contribution < 1.29 is 27.5 Å². The highest BCUT2D eigenvalue weighted by atomic mass is 32.2. The Morgan fingerprint density at radius 3 is 2.79 bits per heavy atom. The van der Waals surface area contributed by atoms with Gasteiger partial charge in [0.25, 0.3) is 0 Å². The van der Waals surface area contributed by atoms with Gasteiger partial charge in [0.05, 0.1) is 12.6 Å². The molecule has 128 valence electrons. The number of halogens is 1. The Bertz CT molecular complexity index is 851. The number of aliphatic carboxylic acids is 1. The average Bonchev–Trinajstić information content (AvgIpc) is 2.77. The number of nitrogens with zero attached hydrogens (tertiary/aromatic N) is 2. The summed E-state index contributed by atoms with van der Waals surface area (Å²) >= 11 is 0.933. The van der Waals surface area contributed by atoms with Gasteiger partial charge in [-0.1, -0.05) is 17.8 Å². The second kappa shape index (κ2) is 7.09. The SMILES string of the molecule is CS(=O)(=O)c1ccc(C=NN=C2NC(=O)C(CC(=O)O)S2)cc1F. The number of carbonyl (C=O) groups is 2. The van der Waals surface area contributed by atoms with E-state index in [0.29, 0.717) is 0 Å². The summed E-state index contributed by atoms with van der Waals surface area (Å²) in [5, 5.41) is 17.8. The van der Waals surface area contributed by atoms with E-state index in [0.717, 1.165) is 30.2 Å². The summed E-state index contributed by atoms with van der Waals surface area (Å²) in [5.41, 5.74) is 0.278. The van der Waals surface area contributed by atoms with Crippen molar-refractivity contribution >= 4 is 44.9 Å². The topological polar surface area (TPSA) is 125 Å². The number of amidine groups is 1. The van der Waals surface area contributed by atoms with Crippen LogP contribution in [-0.4, -0.2) is 48.3 Å². The molecular formula is C13H12FN3O5S2. The molecule has 1 saturated heterocycles. The summed E-state index contributed by atoms with van der Waals surface area (Å²) in [7, 11) is -3.65. The van der Waals surface area contributed by atoms with Crippen LogP contribution in [0.1, 0.15) is 12.0 Å². The molecule has 1 amide bonds. The molecule has 0 bridgehead atoms. The zero-order valence-corrected chi connectivity index (χ0v) is 13.9. The Balaban J connectivity index is 2.08. The third-order valence-corrected chi connectivity index (χ3v) is 5.05. The molecule has 1 aromatic carbocycles. The normalized spacial score (nSPS) is 19.8. The third-order valence-electron chi connectivity index (χ3n) is 2.85. The van der Waals surface area contributed by atoms with E-state index in [-0.39, 0.29) is 17.2 Å². The number of carboxylic acids is 1. The maximum Gasteiger partial charge on any atom is 0.305 e. The van der Waals surface area contributed by atoms with Gasteiger partial charge in [-0.2, -0.15) is 5.10 Å². The van der Waals surface area contributed by atoms with Gasteiger partial charge in [0.15, 0.2) is 15.0 Å². The van der Waals surface area contributed by atoms with E-state index in [9.17, 15) is 22.4 Å². The van der Waals surface area contributed by atoms with Gasteiger partial charge >= 0.3 is 5.97 Å². The molecule has 2 N–H and O–H groups in total. The molecule has 2 rings (SSSR count). The van der Waals surface area contributed by atoms with Gasteiger partial charge in [-0.3, -0.25) is 9.59 Å². The molecular weight excluding hydrogens is 361 g/mol. The predicted molar refractivity (Wildman–Crippen MR) is 86.3 cm³/mol. The van der Waals surface area contributed by atoms with Crippen LogP contribution in [0.4, 0.5) is 4.39 Å². The molecule has 1 fully saturated rings. The molecule has 1 unspecified atom stereocenters. The van der Waals surface area contributed by atoms with Gasteiger partial charge in [-0.25, -0.2) is 12.8 Å². The molecule has 1 aliphatic rings. The van der Waals surface area contributed by atoms with Gasteiger partial charge in [-0.05, 0) is 17.7 Å². The fourth-order valence-electron chi connectivity index (χ4n) is 1.79. The van der Waals surface area contributed by atoms with Crippen molar-refractivity contribution in [1.82, 2.24) is 5.32 Å². The number of thioether (sulfide) groups is 1. The van der Waals surface area contributed by atoms with E-state index in [1.165, 1.54) is 12.3 Å². The van der Waals surface area contributed by atoms with Gasteiger partial charge in [0.1, 0.15) is 16.0 Å². The average molecular weight is 373 g/mol. The van der Waals surface area contributed by atoms with E-state index in [4.69, 9.17) is 5.11 Å². The molecule has 1 aromatic rings. The first kappa shape index (κ1) is 18.1. The maximum absolute atomic E-state index is 13.7. The van der Waals surface area contributed by atoms with Crippen molar-refractivity contribution in [3.05, 3.63) is 29.6 Å². The first-order valence-electron chi connectivity index (χ1n) is 6.47. The Morgan fingerprint density at radius 2 is 2.21 bits per heavy atom. The number of carbonyl (C=O) groups excluding carboxylic acids is 1. The molecule has 0 radical (unpaired) electrons. The number of rotatable bonds is 5. The molecule has 24 heavy (non-hydrogen) atoms. The first-order valence-corrected chi connectivity index (χ1v) is 9.24. The van der Waals surface area contributed by atoms with Gasteiger partial charge < -0.3 is 10.4 Å². The monoisotopic (exact) mass is 373 g/mol. The zero-order valence-electron chi connectivity index (χ0n) is 12.3. The molecule has 0 aliphatic carbocycles. The number of hydrogen-bond acceptors (Lipinski definition) is 7. The van der Waals surface area contributed by atoms with Gasteiger partial charge in [0.2, 0.25) is 5.91 Å². The number of hydrogen-bond donors (Lipinski definition) is 2. The van der Waals surface area contributed by atoms with Crippen LogP contribution in [0.25, 0.3) is 0 Å². The summed E-state index contributed by atoms with van der Waals surface area (Å²) in [6.45, 7) is 0. The van der Waals surface area contributed by atoms with Crippen LogP contribution < -0.4 is 5.32 Å². The Labute approximate surface area is 140 Å². The molecule has 0 saturated carbocycles. The highest BCUT2D eigenvalue weighted by molar-refractivity contribution is 8.15. The number of amides is 1. The number of carboxylic acid groups (broad SMARTS) is 1. The van der Waals surface area contributed by atoms with Crippen LogP contribution in [0.2, 0.25) is 0 Å². The molecule has 1 aliphatic heterocycles. The minimum absolute atomic E-state index is 0.135. The Hall–Kier alpha value is -2.27. The van der Waals surface area contributed by atoms with E-state index in [1.54, 1.807) is 0 Å². The lowest BCUT2D eigenvalue weighted by molar-refractivity contribution is -0.138. The van der Waals surface area contributed by atoms with E-state index >= 15 is 0 Å². The van der Waals surface area contributed by atoms with Crippen LogP contribution in [0.15, 0.2) is 33.3 Å². The smallest absolute Gasteiger partial charge is 0.305 e. The van der Waals surface area contributed by atoms with Crippen LogP contribution in [0.3, 0.4) is 0 Å². The number of benzene rings is 1. The van der Waals surface area contributed by atoms with Crippen molar-refractivity contribution in [2.45, 2.75) is 16.6 Å². The van der Waals surface area contributed by atoms with Crippen molar-refractivity contribution in [2.75, 3.05) is 6.26 Å². The summed E-state index contributed by atoms with van der Waals surface area (Å²) in [6, 6.07) is 3.47. The van der Waals surface area contributed by atoms with Crippen LogP contribution >= 0.6 is 11.8 Å². The summed E-state index contributed by atoms with van der Waals surface area (Å²) in [5.74, 6) is -2.48. The van der Waals surface area contributed by atoms with Crippen molar-refractivity contribution in [3.63, 3.8) is 0 Å². The summed E-state index contributed by atoms with van der Waals surface area (Å²) in [6.07, 6.45) is 1.75. The minimum Gasteiger partial charge on any atom is -0.481 e. The van der Waals surface area contributed by atoms with E-state index in [2.05, 4.69) is 15.5 Å². The largest absolute Gasteiger partial charge is 0.481 e. The first-order chi connectivity index (χ1) is 11.2. The van der Waals surface area contributed by atoms with Gasteiger partial charge in [-0.15, -0.1) is 5.10 Å². The Morgan fingerprint density at radius 1 is 1.50 bits per heavy atom. The molecule has 1 heterocycles. The van der Waals surface area contributed by atoms with Crippen LogP contribution in [0.5, 0.6) is 0 Å². The quantitative estimate of drug-likeness (QED) is 0.576. The van der Waals surface area contributed by atoms with Crippen LogP contribution in [-0.2, 0) is 19.4 Å². The lowest BCUT2D eigenvalue weighted by Gasteiger charge is -2.00. The lowest BCUT2D eigenvalue weighted by Crippen LogP contribution is -2.26. The fraction of sp³-hybridized carbons (Fsp3) is 0.231. The van der Waals surface area contributed by atoms with Crippen molar-refractivity contribution in [1.29, 1.82) is 0 Å². The second-order valence-corrected chi connectivity index (χ2v) is 7.98. The van der Waals surface area contributed by atoms with E-state index < -0.39 is 37.7 Å². The van der Waals surface area contributed by atoms with Crippen LogP contribution in [0, 0.1) is 5.82 Å². The summed E-state index contributed by atoms with van der Waals surface area (Å²) in [4.78, 5) is 21.7. The van der Waals surface area contributed by atoms with Gasteiger partial charge in [0, 0.05) is 6.26 Å². The Kier molecular flexibility index (Phi) is 5.34. The molecule has 0 aromatic heterocycles. The molecule has 8 nitrogen and oxygen atoms in total. The van der Waals surface area contributed by atoms with Crippen molar-refractivity contribution in [3.8, 4) is 0 Å². The second-order valence-electron chi connectivity index (χ2n) is 4.81. The number of sulfone groups is 1. The maximum atomic E-state index is 13.7. The lowest BCUT2D eigenvalue weighted by atomic mass is 10.2. The number of nitrogens with one attached hydrogen (secondary N) is 1. The van der Waals surface area contributed by atoms with E-state index in [1.807, 2.05) is 0 Å².